The van der Waals surface area contributed by atoms with Crippen molar-refractivity contribution in [3.05, 3.63) is 71.9 Å². The fourth-order valence-electron chi connectivity index (χ4n) is 2.57. The highest BCUT2D eigenvalue weighted by molar-refractivity contribution is 6.06. The molecule has 0 aliphatic heterocycles. The minimum atomic E-state index is -0.138. The van der Waals surface area contributed by atoms with Crippen LogP contribution < -0.4 is 10.6 Å². The Hall–Kier alpha value is -3.21. The lowest BCUT2D eigenvalue weighted by Gasteiger charge is -2.10. The Bertz CT molecular complexity index is 928. The summed E-state index contributed by atoms with van der Waals surface area (Å²) in [6.07, 6.45) is 1.71. The lowest BCUT2D eigenvalue weighted by atomic mass is 10.1. The van der Waals surface area contributed by atoms with Gasteiger partial charge in [-0.05, 0) is 35.9 Å². The van der Waals surface area contributed by atoms with Crippen LogP contribution in [0.15, 0.2) is 60.8 Å². The van der Waals surface area contributed by atoms with Crippen LogP contribution in [-0.2, 0) is 11.3 Å². The van der Waals surface area contributed by atoms with E-state index in [-0.39, 0.29) is 17.7 Å². The van der Waals surface area contributed by atoms with E-state index < -0.39 is 0 Å². The number of hydrogen-bond donors (Lipinski definition) is 2. The normalized spacial score (nSPS) is 10.7. The van der Waals surface area contributed by atoms with Gasteiger partial charge in [0.15, 0.2) is 0 Å². The lowest BCUT2D eigenvalue weighted by Crippen LogP contribution is -2.23. The van der Waals surface area contributed by atoms with Gasteiger partial charge in [-0.1, -0.05) is 38.1 Å². The van der Waals surface area contributed by atoms with E-state index in [4.69, 9.17) is 0 Å². The summed E-state index contributed by atoms with van der Waals surface area (Å²) < 4.78 is 0. The van der Waals surface area contributed by atoms with E-state index in [1.807, 2.05) is 62.4 Å². The zero-order chi connectivity index (χ0) is 18.5. The molecule has 0 spiro atoms. The maximum Gasteiger partial charge on any atom is 0.252 e. The molecular weight excluding hydrogens is 326 g/mol. The van der Waals surface area contributed by atoms with Gasteiger partial charge in [0.2, 0.25) is 5.91 Å². The molecular formula is C21H21N3O2. The number of anilines is 1. The number of nitrogens with zero attached hydrogens (tertiary/aromatic N) is 1. The topological polar surface area (TPSA) is 71.1 Å². The van der Waals surface area contributed by atoms with Gasteiger partial charge in [-0.15, -0.1) is 0 Å². The third kappa shape index (κ3) is 4.06. The number of carbonyl (C=O) groups excluding carboxylic acids is 2. The van der Waals surface area contributed by atoms with Gasteiger partial charge in [0.25, 0.3) is 5.91 Å². The molecule has 0 fully saturated rings. The molecule has 3 rings (SSSR count). The third-order valence-corrected chi connectivity index (χ3v) is 4.09. The second kappa shape index (κ2) is 7.78. The first-order valence-electron chi connectivity index (χ1n) is 8.56. The highest BCUT2D eigenvalue weighted by Crippen LogP contribution is 2.16. The first-order chi connectivity index (χ1) is 12.5. The van der Waals surface area contributed by atoms with Crippen LogP contribution in [0.2, 0.25) is 0 Å². The maximum absolute atomic E-state index is 12.5. The van der Waals surface area contributed by atoms with Crippen LogP contribution in [0.25, 0.3) is 10.9 Å². The summed E-state index contributed by atoms with van der Waals surface area (Å²) >= 11 is 0. The molecule has 0 unspecified atom stereocenters. The quantitative estimate of drug-likeness (QED) is 0.738. The van der Waals surface area contributed by atoms with Gasteiger partial charge in [-0.3, -0.25) is 14.6 Å². The summed E-state index contributed by atoms with van der Waals surface area (Å²) in [6, 6.07) is 16.7. The van der Waals surface area contributed by atoms with E-state index in [1.165, 1.54) is 0 Å². The molecule has 1 aromatic heterocycles. The van der Waals surface area contributed by atoms with E-state index in [2.05, 4.69) is 15.6 Å². The molecule has 0 aliphatic rings. The van der Waals surface area contributed by atoms with Gasteiger partial charge in [0, 0.05) is 35.3 Å². The van der Waals surface area contributed by atoms with E-state index in [1.54, 1.807) is 12.3 Å². The number of amides is 2. The summed E-state index contributed by atoms with van der Waals surface area (Å²) in [6.45, 7) is 4.11. The number of fused-ring (bicyclic) bond motifs is 1. The molecule has 2 N–H and O–H groups in total. The zero-order valence-electron chi connectivity index (χ0n) is 14.8. The molecule has 0 radical (unpaired) electrons. The van der Waals surface area contributed by atoms with Crippen LogP contribution in [0.5, 0.6) is 0 Å². The number of nitrogens with one attached hydrogen (secondary N) is 2. The van der Waals surface area contributed by atoms with Gasteiger partial charge < -0.3 is 10.6 Å². The molecule has 5 nitrogen and oxygen atoms in total. The van der Waals surface area contributed by atoms with Crippen LogP contribution in [0.3, 0.4) is 0 Å². The van der Waals surface area contributed by atoms with E-state index in [9.17, 15) is 9.59 Å². The Labute approximate surface area is 152 Å². The predicted molar refractivity (Wildman–Crippen MR) is 103 cm³/mol. The van der Waals surface area contributed by atoms with Crippen molar-refractivity contribution >= 4 is 28.4 Å². The Balaban J connectivity index is 1.65. The van der Waals surface area contributed by atoms with E-state index in [0.29, 0.717) is 12.1 Å². The first kappa shape index (κ1) is 17.6. The van der Waals surface area contributed by atoms with Gasteiger partial charge >= 0.3 is 0 Å². The van der Waals surface area contributed by atoms with E-state index >= 15 is 0 Å². The average Bonchev–Trinajstić information content (AvgIpc) is 2.66. The fraction of sp³-hybridized carbons (Fsp3) is 0.190. The van der Waals surface area contributed by atoms with Gasteiger partial charge in [-0.2, -0.15) is 0 Å². The van der Waals surface area contributed by atoms with Crippen LogP contribution >= 0.6 is 0 Å². The Morgan fingerprint density at radius 3 is 2.50 bits per heavy atom. The van der Waals surface area contributed by atoms with Crippen molar-refractivity contribution in [1.82, 2.24) is 10.3 Å². The van der Waals surface area contributed by atoms with Crippen molar-refractivity contribution in [1.29, 1.82) is 0 Å². The summed E-state index contributed by atoms with van der Waals surface area (Å²) in [5.41, 5.74) is 3.11. The number of carbonyl (C=O) groups is 2. The number of pyridine rings is 1. The largest absolute Gasteiger partial charge is 0.348 e. The number of hydrogen-bond acceptors (Lipinski definition) is 3. The van der Waals surface area contributed by atoms with Gasteiger partial charge in [0.1, 0.15) is 0 Å². The van der Waals surface area contributed by atoms with E-state index in [0.717, 1.165) is 22.2 Å². The molecule has 132 valence electrons. The lowest BCUT2D eigenvalue weighted by molar-refractivity contribution is -0.118. The standard InChI is InChI=1S/C21H21N3O2/c1-14(2)20(25)24-16-10-8-15(9-11-16)13-23-21(26)18-5-3-7-19-17(18)6-4-12-22-19/h3-12,14H,13H2,1-2H3,(H,23,26)(H,24,25). The molecule has 0 aliphatic carbocycles. The molecule has 26 heavy (non-hydrogen) atoms. The van der Waals surface area contributed by atoms with Crippen LogP contribution in [0.1, 0.15) is 29.8 Å². The van der Waals surface area contributed by atoms with Crippen molar-refractivity contribution in [2.75, 3.05) is 5.32 Å². The molecule has 2 amide bonds. The van der Waals surface area contributed by atoms with Crippen LogP contribution in [0, 0.1) is 5.92 Å². The molecule has 1 heterocycles. The molecule has 0 saturated heterocycles. The monoisotopic (exact) mass is 347 g/mol. The smallest absolute Gasteiger partial charge is 0.252 e. The number of rotatable bonds is 5. The molecule has 0 saturated carbocycles. The highest BCUT2D eigenvalue weighted by atomic mass is 16.2. The Morgan fingerprint density at radius 1 is 1.00 bits per heavy atom. The highest BCUT2D eigenvalue weighted by Gasteiger charge is 2.10. The predicted octanol–water partition coefficient (Wildman–Crippen LogP) is 3.76. The maximum atomic E-state index is 12.5. The molecule has 2 aromatic carbocycles. The van der Waals surface area contributed by atoms with Crippen molar-refractivity contribution < 1.29 is 9.59 Å². The fourth-order valence-corrected chi connectivity index (χ4v) is 2.57. The minimum Gasteiger partial charge on any atom is -0.348 e. The van der Waals surface area contributed by atoms with Crippen molar-refractivity contribution in [2.24, 2.45) is 5.92 Å². The molecule has 0 atom stereocenters. The summed E-state index contributed by atoms with van der Waals surface area (Å²) in [5, 5.41) is 6.61. The van der Waals surface area contributed by atoms with Gasteiger partial charge in [-0.25, -0.2) is 0 Å². The van der Waals surface area contributed by atoms with Crippen LogP contribution in [-0.4, -0.2) is 16.8 Å². The second-order valence-electron chi connectivity index (χ2n) is 6.40. The Kier molecular flexibility index (Phi) is 5.27. The molecule has 5 heteroatoms. The SMILES string of the molecule is CC(C)C(=O)Nc1ccc(CNC(=O)c2cccc3ncccc23)cc1. The van der Waals surface area contributed by atoms with Crippen LogP contribution in [0.4, 0.5) is 5.69 Å². The first-order valence-corrected chi connectivity index (χ1v) is 8.56. The number of benzene rings is 2. The van der Waals surface area contributed by atoms with Crippen molar-refractivity contribution in [2.45, 2.75) is 20.4 Å². The minimum absolute atomic E-state index is 0.0179. The summed E-state index contributed by atoms with van der Waals surface area (Å²) in [5.74, 6) is -0.222. The number of aromatic nitrogens is 1. The second-order valence-corrected chi connectivity index (χ2v) is 6.40. The molecule has 3 aromatic rings. The molecule has 0 bridgehead atoms. The average molecular weight is 347 g/mol. The Morgan fingerprint density at radius 2 is 1.77 bits per heavy atom. The summed E-state index contributed by atoms with van der Waals surface area (Å²) in [4.78, 5) is 28.5. The van der Waals surface area contributed by atoms with Crippen molar-refractivity contribution in [3.63, 3.8) is 0 Å². The van der Waals surface area contributed by atoms with Gasteiger partial charge in [0.05, 0.1) is 5.52 Å². The third-order valence-electron chi connectivity index (χ3n) is 4.09. The zero-order valence-corrected chi connectivity index (χ0v) is 14.8. The van der Waals surface area contributed by atoms with Crippen molar-refractivity contribution in [3.8, 4) is 0 Å². The summed E-state index contributed by atoms with van der Waals surface area (Å²) in [7, 11) is 0.